The molecular formula is C58H86N4O5. The Balaban J connectivity index is 0.935. The molecule has 9 rings (SSSR count). The molecule has 0 bridgehead atoms. The number of aromatic nitrogens is 2. The highest BCUT2D eigenvalue weighted by Crippen LogP contribution is 2.78. The number of carbonyl (C=O) groups excluding carboxylic acids is 3. The Labute approximate surface area is 403 Å². The van der Waals surface area contributed by atoms with E-state index in [2.05, 4.69) is 120 Å². The molecule has 368 valence electrons. The van der Waals surface area contributed by atoms with E-state index >= 15 is 4.79 Å². The van der Waals surface area contributed by atoms with E-state index in [1.807, 2.05) is 13.8 Å². The first-order valence-electron chi connectivity index (χ1n) is 26.7. The molecule has 12 atom stereocenters. The summed E-state index contributed by atoms with van der Waals surface area (Å²) in [5.74, 6) is 2.49. The maximum absolute atomic E-state index is 15.6. The molecule has 9 heteroatoms. The number of carbonyl (C=O) groups is 3. The maximum Gasteiger partial charge on any atom is 0.309 e. The molecule has 9 nitrogen and oxygen atoms in total. The van der Waals surface area contributed by atoms with Gasteiger partial charge in [-0.3, -0.25) is 14.4 Å². The monoisotopic (exact) mass is 919 g/mol. The van der Waals surface area contributed by atoms with E-state index in [0.717, 1.165) is 107 Å². The van der Waals surface area contributed by atoms with Crippen LogP contribution in [0.2, 0.25) is 0 Å². The molecule has 1 aromatic carbocycles. The molecule has 1 N–H and O–H groups in total. The molecule has 1 aromatic heterocycles. The molecule has 0 saturated heterocycles. The van der Waals surface area contributed by atoms with E-state index in [-0.39, 0.29) is 63.4 Å². The van der Waals surface area contributed by atoms with Gasteiger partial charge in [0, 0.05) is 30.3 Å². The number of imidazole rings is 1. The lowest BCUT2D eigenvalue weighted by Gasteiger charge is -2.73. The second-order valence-electron chi connectivity index (χ2n) is 25.7. The third kappa shape index (κ3) is 7.61. The van der Waals surface area contributed by atoms with Gasteiger partial charge in [0.1, 0.15) is 11.9 Å². The summed E-state index contributed by atoms with van der Waals surface area (Å²) in [5.41, 5.74) is 2.18. The fourth-order valence-electron chi connectivity index (χ4n) is 17.0. The van der Waals surface area contributed by atoms with Gasteiger partial charge in [0.2, 0.25) is 5.91 Å². The molecule has 1 amide bonds. The molecule has 1 heterocycles. The van der Waals surface area contributed by atoms with Crippen molar-refractivity contribution in [2.45, 2.75) is 177 Å². The number of nitrogens with zero attached hydrogens (tertiary/aromatic N) is 3. The van der Waals surface area contributed by atoms with Gasteiger partial charge in [0.25, 0.3) is 0 Å². The van der Waals surface area contributed by atoms with Crippen molar-refractivity contribution in [1.82, 2.24) is 19.8 Å². The summed E-state index contributed by atoms with van der Waals surface area (Å²) >= 11 is 0. The van der Waals surface area contributed by atoms with Gasteiger partial charge < -0.3 is 24.3 Å². The third-order valence-electron chi connectivity index (χ3n) is 21.5. The topological polar surface area (TPSA) is 103 Å². The Bertz CT molecular complexity index is 2220. The molecule has 7 fully saturated rings. The highest BCUT2D eigenvalue weighted by molar-refractivity contribution is 5.85. The van der Waals surface area contributed by atoms with Gasteiger partial charge in [-0.1, -0.05) is 104 Å². The van der Waals surface area contributed by atoms with Crippen LogP contribution in [0.25, 0.3) is 11.3 Å². The van der Waals surface area contributed by atoms with Gasteiger partial charge >= 0.3 is 11.9 Å². The van der Waals surface area contributed by atoms with Crippen molar-refractivity contribution in [3.63, 3.8) is 0 Å². The average Bonchev–Trinajstić information content (AvgIpc) is 3.71. The maximum atomic E-state index is 15.6. The molecular weight excluding hydrogens is 833 g/mol. The van der Waals surface area contributed by atoms with Crippen molar-refractivity contribution in [3.8, 4) is 11.3 Å². The number of allylic oxidation sites excluding steroid dienone is 1. The zero-order valence-corrected chi connectivity index (χ0v) is 43.4. The predicted molar refractivity (Wildman–Crippen MR) is 265 cm³/mol. The molecule has 2 aromatic rings. The number of hydrogen-bond donors (Lipinski definition) is 1. The number of esters is 2. The van der Waals surface area contributed by atoms with Crippen LogP contribution in [0.15, 0.2) is 48.7 Å². The highest BCUT2D eigenvalue weighted by Gasteiger charge is 2.73. The molecule has 0 aliphatic heterocycles. The molecule has 7 aliphatic carbocycles. The van der Waals surface area contributed by atoms with Gasteiger partial charge in [-0.25, -0.2) is 4.98 Å². The second-order valence-corrected chi connectivity index (χ2v) is 25.7. The molecule has 0 radical (unpaired) electrons. The van der Waals surface area contributed by atoms with Crippen LogP contribution in [0.5, 0.6) is 0 Å². The standard InChI is InChI=1S/C58H86N4O5/c1-13-14-34-66-48(63)41-35-42(52(41,4)5)49(64)67-46-24-25-54(8)44(53(46,6)7)23-26-56(10)45(54)21-20-40-47-39(37(2)3)22-27-57(47,29-28-55(40,56)9)51(65)60-58(30-31-58)50-59-43(38-18-16-15-17-19-38)36-62(50)33-32-61(11)12/h15-19,36,39-42,44-47H,2,13-14,20-35H2,1,3-12H3,(H,60,65)/t39-,40+,41-,42+,44-,45+,46-,47+,54-,55+,56+,57-/m0/s1. The normalized spacial score (nSPS) is 38.6. The Hall–Kier alpha value is -3.46. The van der Waals surface area contributed by atoms with Crippen LogP contribution in [0.3, 0.4) is 0 Å². The van der Waals surface area contributed by atoms with Gasteiger partial charge in [0.15, 0.2) is 0 Å². The second kappa shape index (κ2) is 17.1. The van der Waals surface area contributed by atoms with Gasteiger partial charge in [-0.05, 0) is 162 Å². The lowest BCUT2D eigenvalue weighted by molar-refractivity contribution is -0.251. The third-order valence-corrected chi connectivity index (χ3v) is 21.5. The van der Waals surface area contributed by atoms with Crippen LogP contribution in [0.4, 0.5) is 0 Å². The zero-order chi connectivity index (χ0) is 48.1. The number of benzene rings is 1. The van der Waals surface area contributed by atoms with E-state index < -0.39 is 16.4 Å². The van der Waals surface area contributed by atoms with Gasteiger partial charge in [0.05, 0.1) is 35.1 Å². The SMILES string of the molecule is C=C(C)[C@@H]1CC[C@]2(C(=O)NC3(c4nc(-c5ccccc5)cn4CCN(C)C)CC3)CC[C@]3(C)[C@H](CC[C@@H]4[C@@]5(C)CC[C@H](OC(=O)[C@H]6C[C@@H](C(=O)OCCCC)C6(C)C)C(C)(C)[C@@H]5CC[C@]43C)[C@@H]12. The molecule has 7 saturated carbocycles. The quantitative estimate of drug-likeness (QED) is 0.114. The number of unbranched alkanes of at least 4 members (excludes halogenated alkanes) is 1. The first-order valence-corrected chi connectivity index (χ1v) is 26.7. The average molecular weight is 919 g/mol. The summed E-state index contributed by atoms with van der Waals surface area (Å²) in [5, 5.41) is 3.82. The zero-order valence-electron chi connectivity index (χ0n) is 43.4. The summed E-state index contributed by atoms with van der Waals surface area (Å²) in [6.45, 7) is 27.9. The smallest absolute Gasteiger partial charge is 0.309 e. The predicted octanol–water partition coefficient (Wildman–Crippen LogP) is 11.8. The largest absolute Gasteiger partial charge is 0.465 e. The molecule has 0 spiro atoms. The first kappa shape index (κ1) is 48.6. The Morgan fingerprint density at radius 1 is 0.821 bits per heavy atom. The summed E-state index contributed by atoms with van der Waals surface area (Å²) in [6.07, 6.45) is 16.8. The molecule has 7 aliphatic rings. The number of hydrogen-bond acceptors (Lipinski definition) is 7. The minimum Gasteiger partial charge on any atom is -0.465 e. The number of amides is 1. The van der Waals surface area contributed by atoms with E-state index in [9.17, 15) is 9.59 Å². The molecule has 67 heavy (non-hydrogen) atoms. The van der Waals surface area contributed by atoms with E-state index in [1.165, 1.54) is 18.4 Å². The number of nitrogens with one attached hydrogen (secondary N) is 1. The highest BCUT2D eigenvalue weighted by atomic mass is 16.5. The van der Waals surface area contributed by atoms with Crippen LogP contribution in [0.1, 0.15) is 164 Å². The molecule has 0 unspecified atom stereocenters. The number of likely N-dealkylation sites (N-methyl/N-ethyl adjacent to an activating group) is 1. The summed E-state index contributed by atoms with van der Waals surface area (Å²) < 4.78 is 14.5. The fraction of sp³-hybridized carbons (Fsp3) is 0.759. The lowest BCUT2D eigenvalue weighted by Crippen LogP contribution is -2.67. The number of fused-ring (bicyclic) bond motifs is 7. The number of ether oxygens (including phenoxy) is 2. The van der Waals surface area contributed by atoms with Crippen molar-refractivity contribution in [2.24, 2.45) is 73.9 Å². The van der Waals surface area contributed by atoms with Crippen LogP contribution in [-0.4, -0.2) is 65.6 Å². The Kier molecular flexibility index (Phi) is 12.4. The summed E-state index contributed by atoms with van der Waals surface area (Å²) in [7, 11) is 4.23. The lowest BCUT2D eigenvalue weighted by atomic mass is 9.32. The Morgan fingerprint density at radius 2 is 1.54 bits per heavy atom. The minimum atomic E-state index is -0.476. The van der Waals surface area contributed by atoms with E-state index in [0.29, 0.717) is 36.7 Å². The van der Waals surface area contributed by atoms with Crippen molar-refractivity contribution in [2.75, 3.05) is 27.2 Å². The fourth-order valence-corrected chi connectivity index (χ4v) is 17.0. The van der Waals surface area contributed by atoms with Crippen molar-refractivity contribution < 1.29 is 23.9 Å². The van der Waals surface area contributed by atoms with Crippen molar-refractivity contribution in [3.05, 3.63) is 54.5 Å². The summed E-state index contributed by atoms with van der Waals surface area (Å²) in [4.78, 5) is 50.1. The number of rotatable bonds is 14. The van der Waals surface area contributed by atoms with Crippen molar-refractivity contribution in [1.29, 1.82) is 0 Å². The van der Waals surface area contributed by atoms with E-state index in [4.69, 9.17) is 14.5 Å². The Morgan fingerprint density at radius 3 is 2.19 bits per heavy atom. The van der Waals surface area contributed by atoms with Gasteiger partial charge in [-0.2, -0.15) is 0 Å². The van der Waals surface area contributed by atoms with Crippen LogP contribution in [0, 0.1) is 73.9 Å². The first-order chi connectivity index (χ1) is 31.6. The minimum absolute atomic E-state index is 0.0954. The van der Waals surface area contributed by atoms with E-state index in [1.54, 1.807) is 0 Å². The van der Waals surface area contributed by atoms with Crippen molar-refractivity contribution >= 4 is 17.8 Å². The van der Waals surface area contributed by atoms with Crippen LogP contribution >= 0.6 is 0 Å². The van der Waals surface area contributed by atoms with Crippen LogP contribution in [-0.2, 0) is 35.9 Å². The van der Waals surface area contributed by atoms with Gasteiger partial charge in [-0.15, -0.1) is 0 Å². The summed E-state index contributed by atoms with van der Waals surface area (Å²) in [6, 6.07) is 10.5. The van der Waals surface area contributed by atoms with Crippen LogP contribution < -0.4 is 5.32 Å².